The van der Waals surface area contributed by atoms with Gasteiger partial charge in [0.1, 0.15) is 12.9 Å². The smallest absolute Gasteiger partial charge is 0.506 e. The molecule has 0 aromatic carbocycles. The number of allylic oxidation sites excluding steroid dienone is 1. The van der Waals surface area contributed by atoms with Gasteiger partial charge in [-0.2, -0.15) is 0 Å². The molecule has 184 valence electrons. The largest absolute Gasteiger partial charge is 0.527 e. The van der Waals surface area contributed by atoms with Crippen molar-refractivity contribution in [1.29, 1.82) is 0 Å². The van der Waals surface area contributed by atoms with E-state index in [1.165, 1.54) is 89.7 Å². The lowest BCUT2D eigenvalue weighted by Crippen LogP contribution is -2.07. The number of hydrogen-bond acceptors (Lipinski definition) is 6. The normalized spacial score (nSPS) is 14.1. The molecule has 0 heterocycles. The summed E-state index contributed by atoms with van der Waals surface area (Å²) in [5.41, 5.74) is 5.17. The van der Waals surface area contributed by atoms with Crippen LogP contribution in [0.4, 0.5) is 0 Å². The lowest BCUT2D eigenvalue weighted by molar-refractivity contribution is 0.177. The molecule has 4 N–H and O–H groups in total. The third-order valence-corrected chi connectivity index (χ3v) is 5.72. The fraction of sp³-hybridized carbons (Fsp3) is 0.826. The van der Waals surface area contributed by atoms with Gasteiger partial charge in [0, 0.05) is 6.54 Å². The molecule has 0 bridgehead atoms. The summed E-state index contributed by atoms with van der Waals surface area (Å²) in [6.07, 6.45) is 23.9. The van der Waals surface area contributed by atoms with Crippen LogP contribution in [0.1, 0.15) is 103 Å². The Morgan fingerprint density at radius 1 is 0.903 bits per heavy atom. The van der Waals surface area contributed by atoms with Crippen molar-refractivity contribution in [1.82, 2.24) is 0 Å². The van der Waals surface area contributed by atoms with Crippen LogP contribution in [0.3, 0.4) is 0 Å². The standard InChI is InChI=1S/C23H46NO6P/c1-2-3-4-5-6-7-8-9-10-11-12-13-14-15-16-17-19-28-21-23(25)22-30-31(26,27)29-20-18-24/h17,19,22,25H,2-16,18,20-21,24H2,1H3,(H,26,27)/b19-17+,23-22-. The van der Waals surface area contributed by atoms with E-state index in [1.54, 1.807) is 0 Å². The van der Waals surface area contributed by atoms with E-state index in [1.807, 2.05) is 6.08 Å². The minimum Gasteiger partial charge on any atom is -0.506 e. The minimum atomic E-state index is -4.23. The lowest BCUT2D eigenvalue weighted by atomic mass is 10.0. The monoisotopic (exact) mass is 463 g/mol. The molecule has 0 fully saturated rings. The van der Waals surface area contributed by atoms with Crippen LogP contribution < -0.4 is 5.73 Å². The van der Waals surface area contributed by atoms with E-state index in [0.29, 0.717) is 0 Å². The van der Waals surface area contributed by atoms with Crippen LogP contribution in [0.2, 0.25) is 0 Å². The van der Waals surface area contributed by atoms with Crippen LogP contribution in [0, 0.1) is 0 Å². The molecule has 7 nitrogen and oxygen atoms in total. The molecule has 1 unspecified atom stereocenters. The van der Waals surface area contributed by atoms with Gasteiger partial charge in [0.2, 0.25) is 0 Å². The van der Waals surface area contributed by atoms with Crippen molar-refractivity contribution in [2.24, 2.45) is 5.73 Å². The SMILES string of the molecule is CCCCCCCCCCCCCCCC/C=C/OC/C(O)=C/OP(=O)(O)OCCN. The van der Waals surface area contributed by atoms with Crippen LogP contribution in [0.25, 0.3) is 0 Å². The number of rotatable bonds is 23. The number of aliphatic hydroxyl groups is 1. The van der Waals surface area contributed by atoms with Crippen LogP contribution in [-0.4, -0.2) is 29.8 Å². The van der Waals surface area contributed by atoms with Crippen LogP contribution >= 0.6 is 7.82 Å². The highest BCUT2D eigenvalue weighted by Crippen LogP contribution is 2.43. The number of hydrogen-bond donors (Lipinski definition) is 3. The van der Waals surface area contributed by atoms with Gasteiger partial charge >= 0.3 is 7.82 Å². The summed E-state index contributed by atoms with van der Waals surface area (Å²) in [6.45, 7) is 2.10. The minimum absolute atomic E-state index is 0.0941. The van der Waals surface area contributed by atoms with E-state index in [4.69, 9.17) is 10.5 Å². The number of nitrogens with two attached hydrogens (primary N) is 1. The Morgan fingerprint density at radius 3 is 1.94 bits per heavy atom. The summed E-state index contributed by atoms with van der Waals surface area (Å²) in [5, 5.41) is 9.54. The first-order valence-electron chi connectivity index (χ1n) is 12.0. The summed E-state index contributed by atoms with van der Waals surface area (Å²) >= 11 is 0. The molecule has 0 aliphatic rings. The molecule has 0 spiro atoms. The Morgan fingerprint density at radius 2 is 1.42 bits per heavy atom. The molecule has 0 aliphatic carbocycles. The fourth-order valence-corrected chi connectivity index (χ4v) is 3.74. The summed E-state index contributed by atoms with van der Waals surface area (Å²) < 4.78 is 25.5. The van der Waals surface area contributed by atoms with Crippen molar-refractivity contribution in [3.8, 4) is 0 Å². The van der Waals surface area contributed by atoms with Crippen LogP contribution in [0.5, 0.6) is 0 Å². The summed E-state index contributed by atoms with van der Waals surface area (Å²) in [5.74, 6) is -0.313. The van der Waals surface area contributed by atoms with Gasteiger partial charge in [-0.3, -0.25) is 9.42 Å². The first-order valence-corrected chi connectivity index (χ1v) is 13.5. The topological polar surface area (TPSA) is 111 Å². The third kappa shape index (κ3) is 23.5. The van der Waals surface area contributed by atoms with Gasteiger partial charge in [0.15, 0.2) is 5.76 Å². The number of aliphatic hydroxyl groups excluding tert-OH is 1. The fourth-order valence-electron chi connectivity index (χ4n) is 3.09. The van der Waals surface area contributed by atoms with E-state index < -0.39 is 7.82 Å². The van der Waals surface area contributed by atoms with Crippen molar-refractivity contribution in [3.63, 3.8) is 0 Å². The van der Waals surface area contributed by atoms with E-state index in [9.17, 15) is 14.6 Å². The summed E-state index contributed by atoms with van der Waals surface area (Å²) in [6, 6.07) is 0. The predicted octanol–water partition coefficient (Wildman–Crippen LogP) is 6.88. The van der Waals surface area contributed by atoms with E-state index in [-0.39, 0.29) is 25.5 Å². The summed E-state index contributed by atoms with van der Waals surface area (Å²) in [4.78, 5) is 9.27. The van der Waals surface area contributed by atoms with E-state index >= 15 is 0 Å². The molecule has 1 atom stereocenters. The predicted molar refractivity (Wildman–Crippen MR) is 127 cm³/mol. The van der Waals surface area contributed by atoms with Gasteiger partial charge in [0.25, 0.3) is 0 Å². The Labute approximate surface area is 189 Å². The molecule has 8 heteroatoms. The highest BCUT2D eigenvalue weighted by atomic mass is 31.2. The van der Waals surface area contributed by atoms with Crippen molar-refractivity contribution >= 4 is 7.82 Å². The van der Waals surface area contributed by atoms with Crippen LogP contribution in [0.15, 0.2) is 24.4 Å². The second-order valence-corrected chi connectivity index (χ2v) is 9.28. The van der Waals surface area contributed by atoms with E-state index in [0.717, 1.165) is 19.1 Å². The van der Waals surface area contributed by atoms with Crippen LogP contribution in [-0.2, 0) is 18.3 Å². The van der Waals surface area contributed by atoms with Crippen molar-refractivity contribution in [2.45, 2.75) is 103 Å². The molecule has 0 rings (SSSR count). The summed E-state index contributed by atoms with van der Waals surface area (Å²) in [7, 11) is -4.23. The molecule has 0 saturated carbocycles. The second kappa shape index (κ2) is 22.2. The molecule has 0 amide bonds. The van der Waals surface area contributed by atoms with Crippen molar-refractivity contribution in [3.05, 3.63) is 24.4 Å². The maximum absolute atomic E-state index is 11.4. The van der Waals surface area contributed by atoms with Gasteiger partial charge in [-0.05, 0) is 18.9 Å². The molecule has 0 aliphatic heterocycles. The zero-order chi connectivity index (χ0) is 23.0. The third-order valence-electron chi connectivity index (χ3n) is 4.84. The quantitative estimate of drug-likeness (QED) is 0.0860. The number of unbranched alkanes of at least 4 members (excludes halogenated alkanes) is 14. The number of ether oxygens (including phenoxy) is 1. The average molecular weight is 464 g/mol. The molecule has 0 saturated heterocycles. The number of phosphoric ester groups is 1. The molecule has 31 heavy (non-hydrogen) atoms. The zero-order valence-electron chi connectivity index (χ0n) is 19.5. The lowest BCUT2D eigenvalue weighted by Gasteiger charge is -2.09. The van der Waals surface area contributed by atoms with Gasteiger partial charge < -0.3 is 20.1 Å². The molecule has 0 aromatic rings. The second-order valence-electron chi connectivity index (χ2n) is 7.87. The molecule has 0 aromatic heterocycles. The van der Waals surface area contributed by atoms with Gasteiger partial charge in [0.05, 0.1) is 12.9 Å². The highest BCUT2D eigenvalue weighted by molar-refractivity contribution is 7.47. The first kappa shape index (κ1) is 30.0. The average Bonchev–Trinajstić information content (AvgIpc) is 2.75. The Balaban J connectivity index is 3.42. The first-order chi connectivity index (χ1) is 15.0. The molecule has 0 radical (unpaired) electrons. The van der Waals surface area contributed by atoms with E-state index in [2.05, 4.69) is 16.0 Å². The van der Waals surface area contributed by atoms with Crippen molar-refractivity contribution in [2.75, 3.05) is 19.8 Å². The van der Waals surface area contributed by atoms with Gasteiger partial charge in [-0.15, -0.1) is 0 Å². The number of phosphoric acid groups is 1. The van der Waals surface area contributed by atoms with Gasteiger partial charge in [-0.25, -0.2) is 4.57 Å². The van der Waals surface area contributed by atoms with Gasteiger partial charge in [-0.1, -0.05) is 90.4 Å². The zero-order valence-corrected chi connectivity index (χ0v) is 20.4. The maximum atomic E-state index is 11.4. The highest BCUT2D eigenvalue weighted by Gasteiger charge is 2.20. The molecular weight excluding hydrogens is 417 g/mol. The van der Waals surface area contributed by atoms with Crippen molar-refractivity contribution < 1.29 is 28.3 Å². The molecular formula is C23H46NO6P. The maximum Gasteiger partial charge on any atom is 0.527 e. The Kier molecular flexibility index (Phi) is 21.5. The Hall–Kier alpha value is -1.01. The Bertz CT molecular complexity index is 498.